The SMILES string of the molecule is C[C@H](NC(=O)[C@@H](CO)NS(=O)(=O)CCc1ccccc1)C(=O)N[C@H](C=O)CCCN=C(N)N. The lowest BCUT2D eigenvalue weighted by atomic mass is 10.1. The minimum atomic E-state index is -3.88. The number of sulfonamides is 1. The van der Waals surface area contributed by atoms with Crippen molar-refractivity contribution in [3.63, 3.8) is 0 Å². The van der Waals surface area contributed by atoms with Crippen LogP contribution >= 0.6 is 0 Å². The van der Waals surface area contributed by atoms with Crippen LogP contribution in [0.2, 0.25) is 0 Å². The topological polar surface area (TPSA) is 206 Å². The molecule has 12 nitrogen and oxygen atoms in total. The van der Waals surface area contributed by atoms with E-state index < -0.39 is 46.6 Å². The number of aliphatic hydroxyl groups is 1. The van der Waals surface area contributed by atoms with E-state index in [4.69, 9.17) is 11.5 Å². The molecule has 0 fully saturated rings. The number of carbonyl (C=O) groups is 3. The van der Waals surface area contributed by atoms with Gasteiger partial charge in [-0.05, 0) is 31.7 Å². The number of carbonyl (C=O) groups excluding carboxylic acids is 3. The lowest BCUT2D eigenvalue weighted by Gasteiger charge is -2.21. The molecule has 33 heavy (non-hydrogen) atoms. The van der Waals surface area contributed by atoms with E-state index in [0.717, 1.165) is 5.56 Å². The monoisotopic (exact) mass is 484 g/mol. The van der Waals surface area contributed by atoms with Gasteiger partial charge in [-0.1, -0.05) is 30.3 Å². The van der Waals surface area contributed by atoms with Gasteiger partial charge in [0, 0.05) is 6.54 Å². The number of benzene rings is 1. The van der Waals surface area contributed by atoms with Gasteiger partial charge in [0.15, 0.2) is 5.96 Å². The van der Waals surface area contributed by atoms with Crippen molar-refractivity contribution in [3.05, 3.63) is 35.9 Å². The third kappa shape index (κ3) is 11.4. The third-order valence-corrected chi connectivity index (χ3v) is 5.92. The van der Waals surface area contributed by atoms with E-state index in [2.05, 4.69) is 20.3 Å². The van der Waals surface area contributed by atoms with Gasteiger partial charge in [-0.15, -0.1) is 0 Å². The number of amides is 2. The molecule has 0 heterocycles. The molecule has 0 spiro atoms. The van der Waals surface area contributed by atoms with Crippen molar-refractivity contribution >= 4 is 34.1 Å². The van der Waals surface area contributed by atoms with Crippen molar-refractivity contribution in [3.8, 4) is 0 Å². The second-order valence-corrected chi connectivity index (χ2v) is 9.21. The molecular weight excluding hydrogens is 452 g/mol. The first-order valence-electron chi connectivity index (χ1n) is 10.3. The summed E-state index contributed by atoms with van der Waals surface area (Å²) in [6, 6.07) is 5.57. The largest absolute Gasteiger partial charge is 0.394 e. The second kappa shape index (κ2) is 14.2. The normalized spacial score (nSPS) is 13.9. The molecule has 0 unspecified atom stereocenters. The summed E-state index contributed by atoms with van der Waals surface area (Å²) in [4.78, 5) is 39.6. The Kier molecular flexibility index (Phi) is 12.0. The van der Waals surface area contributed by atoms with E-state index in [1.165, 1.54) is 6.92 Å². The fourth-order valence-electron chi connectivity index (χ4n) is 2.73. The summed E-state index contributed by atoms with van der Waals surface area (Å²) in [5.41, 5.74) is 11.2. The van der Waals surface area contributed by atoms with Gasteiger partial charge in [0.2, 0.25) is 21.8 Å². The Hall–Kier alpha value is -3.03. The number of nitrogens with two attached hydrogens (primary N) is 2. The highest BCUT2D eigenvalue weighted by Crippen LogP contribution is 2.03. The number of guanidine groups is 1. The van der Waals surface area contributed by atoms with Crippen molar-refractivity contribution in [2.24, 2.45) is 16.5 Å². The molecule has 0 aliphatic rings. The van der Waals surface area contributed by atoms with Gasteiger partial charge < -0.3 is 32.0 Å². The summed E-state index contributed by atoms with van der Waals surface area (Å²) in [5, 5.41) is 14.3. The van der Waals surface area contributed by atoms with Crippen LogP contribution in [0.4, 0.5) is 0 Å². The summed E-state index contributed by atoms with van der Waals surface area (Å²) in [6.07, 6.45) is 1.51. The van der Waals surface area contributed by atoms with E-state index >= 15 is 0 Å². The van der Waals surface area contributed by atoms with Gasteiger partial charge >= 0.3 is 0 Å². The molecule has 0 bridgehead atoms. The number of hydrogen-bond donors (Lipinski definition) is 6. The smallest absolute Gasteiger partial charge is 0.242 e. The zero-order valence-corrected chi connectivity index (χ0v) is 19.3. The number of aryl methyl sites for hydroxylation is 1. The van der Waals surface area contributed by atoms with Crippen molar-refractivity contribution in [2.45, 2.75) is 44.3 Å². The van der Waals surface area contributed by atoms with Crippen LogP contribution in [0, 0.1) is 0 Å². The van der Waals surface area contributed by atoms with Gasteiger partial charge in [-0.25, -0.2) is 13.1 Å². The molecule has 0 saturated heterocycles. The molecule has 1 aromatic rings. The number of aliphatic imine (C=N–C) groups is 1. The van der Waals surface area contributed by atoms with Crippen LogP contribution in [-0.2, 0) is 30.8 Å². The third-order valence-electron chi connectivity index (χ3n) is 4.53. The predicted octanol–water partition coefficient (Wildman–Crippen LogP) is -2.25. The number of nitrogens with one attached hydrogen (secondary N) is 3. The molecule has 0 radical (unpaired) electrons. The average molecular weight is 485 g/mol. The Morgan fingerprint density at radius 1 is 1.15 bits per heavy atom. The predicted molar refractivity (Wildman–Crippen MR) is 123 cm³/mol. The van der Waals surface area contributed by atoms with Crippen molar-refractivity contribution in [1.82, 2.24) is 15.4 Å². The molecule has 184 valence electrons. The molecule has 8 N–H and O–H groups in total. The molecule has 1 rings (SSSR count). The number of aliphatic hydroxyl groups excluding tert-OH is 1. The first-order valence-corrected chi connectivity index (χ1v) is 12.0. The molecular formula is C20H32N6O6S. The number of aldehydes is 1. The number of hydrogen-bond acceptors (Lipinski definition) is 7. The van der Waals surface area contributed by atoms with Crippen LogP contribution in [0.3, 0.4) is 0 Å². The Balaban J connectivity index is 2.56. The Morgan fingerprint density at radius 2 is 1.82 bits per heavy atom. The average Bonchev–Trinajstić information content (AvgIpc) is 2.78. The molecule has 0 aliphatic heterocycles. The molecule has 13 heteroatoms. The van der Waals surface area contributed by atoms with Crippen LogP contribution in [0.25, 0.3) is 0 Å². The highest BCUT2D eigenvalue weighted by atomic mass is 32.2. The second-order valence-electron chi connectivity index (χ2n) is 7.34. The molecule has 0 saturated carbocycles. The van der Waals surface area contributed by atoms with Crippen LogP contribution in [0.15, 0.2) is 35.3 Å². The number of nitrogens with zero attached hydrogens (tertiary/aromatic N) is 1. The van der Waals surface area contributed by atoms with Gasteiger partial charge in [-0.3, -0.25) is 14.6 Å². The summed E-state index contributed by atoms with van der Waals surface area (Å²) in [5.74, 6) is -1.88. The lowest BCUT2D eigenvalue weighted by Crippen LogP contribution is -2.55. The zero-order chi connectivity index (χ0) is 24.9. The minimum absolute atomic E-state index is 0.0767. The van der Waals surface area contributed by atoms with Crippen LogP contribution < -0.4 is 26.8 Å². The minimum Gasteiger partial charge on any atom is -0.394 e. The molecule has 2 amide bonds. The first kappa shape index (κ1) is 28.0. The number of rotatable bonds is 15. The van der Waals surface area contributed by atoms with Crippen LogP contribution in [-0.4, -0.2) is 74.6 Å². The highest BCUT2D eigenvalue weighted by Gasteiger charge is 2.27. The molecule has 1 aromatic carbocycles. The summed E-state index contributed by atoms with van der Waals surface area (Å²) >= 11 is 0. The van der Waals surface area contributed by atoms with Crippen LogP contribution in [0.5, 0.6) is 0 Å². The molecule has 0 aliphatic carbocycles. The van der Waals surface area contributed by atoms with Crippen molar-refractivity contribution < 1.29 is 27.9 Å². The first-order chi connectivity index (χ1) is 15.6. The standard InChI is InChI=1S/C20H32N6O6S/c1-14(18(29)25-16(12-27)8-5-10-23-20(21)22)24-19(30)17(13-28)26-33(31,32)11-9-15-6-3-2-4-7-15/h2-4,6-7,12,14,16-17,26,28H,5,8-11,13H2,1H3,(H,24,30)(H,25,29)(H4,21,22,23)/t14-,16-,17+/m0/s1. The van der Waals surface area contributed by atoms with E-state index in [-0.39, 0.29) is 31.1 Å². The fraction of sp³-hybridized carbons (Fsp3) is 0.500. The van der Waals surface area contributed by atoms with E-state index in [1.807, 2.05) is 6.07 Å². The maximum atomic E-state index is 12.4. The summed E-state index contributed by atoms with van der Waals surface area (Å²) in [6.45, 7) is 0.858. The lowest BCUT2D eigenvalue weighted by molar-refractivity contribution is -0.130. The summed E-state index contributed by atoms with van der Waals surface area (Å²) < 4.78 is 26.7. The van der Waals surface area contributed by atoms with E-state index in [0.29, 0.717) is 12.7 Å². The zero-order valence-electron chi connectivity index (χ0n) is 18.4. The quantitative estimate of drug-likeness (QED) is 0.0692. The fourth-order valence-corrected chi connectivity index (χ4v) is 3.96. The van der Waals surface area contributed by atoms with Crippen molar-refractivity contribution in [1.29, 1.82) is 0 Å². The molecule has 0 aromatic heterocycles. The maximum Gasteiger partial charge on any atom is 0.242 e. The molecule has 3 atom stereocenters. The Bertz CT molecular complexity index is 905. The Labute approximate surface area is 193 Å². The van der Waals surface area contributed by atoms with Gasteiger partial charge in [-0.2, -0.15) is 0 Å². The van der Waals surface area contributed by atoms with Gasteiger partial charge in [0.05, 0.1) is 18.4 Å². The van der Waals surface area contributed by atoms with E-state index in [1.54, 1.807) is 24.3 Å². The summed E-state index contributed by atoms with van der Waals surface area (Å²) in [7, 11) is -3.88. The van der Waals surface area contributed by atoms with Gasteiger partial charge in [0.25, 0.3) is 0 Å². The van der Waals surface area contributed by atoms with Gasteiger partial charge in [0.1, 0.15) is 18.4 Å². The Morgan fingerprint density at radius 3 is 2.39 bits per heavy atom. The van der Waals surface area contributed by atoms with Crippen molar-refractivity contribution in [2.75, 3.05) is 18.9 Å². The van der Waals surface area contributed by atoms with Crippen LogP contribution in [0.1, 0.15) is 25.3 Å². The van der Waals surface area contributed by atoms with E-state index in [9.17, 15) is 27.9 Å². The maximum absolute atomic E-state index is 12.4. The highest BCUT2D eigenvalue weighted by molar-refractivity contribution is 7.89.